The Balaban J connectivity index is 2.70. The lowest BCUT2D eigenvalue weighted by molar-refractivity contribution is 0.0253. The fourth-order valence-electron chi connectivity index (χ4n) is 0.946. The van der Waals surface area contributed by atoms with Crippen molar-refractivity contribution in [3.05, 3.63) is 18.1 Å². The molecule has 0 unspecified atom stereocenters. The molecule has 0 saturated carbocycles. The third-order valence-electron chi connectivity index (χ3n) is 1.86. The molecule has 3 N–H and O–H groups in total. The van der Waals surface area contributed by atoms with Crippen LogP contribution in [0.25, 0.3) is 0 Å². The summed E-state index contributed by atoms with van der Waals surface area (Å²) in [5.74, 6) is -3.67. The average Bonchev–Trinajstić information content (AvgIpc) is 2.36. The number of esters is 1. The van der Waals surface area contributed by atoms with Crippen molar-refractivity contribution in [2.24, 2.45) is 5.73 Å². The first-order valence-corrected chi connectivity index (χ1v) is 4.70. The number of nitrogens with zero attached hydrogens (tertiary/aromatic N) is 2. The van der Waals surface area contributed by atoms with E-state index in [1.165, 1.54) is 19.5 Å². The number of alkyl halides is 2. The van der Waals surface area contributed by atoms with Gasteiger partial charge in [0.25, 0.3) is 5.92 Å². The highest BCUT2D eigenvalue weighted by Gasteiger charge is 2.26. The second-order valence-electron chi connectivity index (χ2n) is 3.19. The number of anilines is 1. The molecule has 0 aromatic carbocycles. The molecule has 0 radical (unpaired) electrons. The molecule has 0 aliphatic carbocycles. The quantitative estimate of drug-likeness (QED) is 0.725. The number of rotatable bonds is 5. The Labute approximate surface area is 96.2 Å². The van der Waals surface area contributed by atoms with Gasteiger partial charge in [0.05, 0.1) is 32.6 Å². The molecule has 1 rings (SSSR count). The summed E-state index contributed by atoms with van der Waals surface area (Å²) in [7, 11) is 1.19. The summed E-state index contributed by atoms with van der Waals surface area (Å²) in [6, 6.07) is 0. The van der Waals surface area contributed by atoms with Crippen LogP contribution in [0.1, 0.15) is 10.5 Å². The fourth-order valence-corrected chi connectivity index (χ4v) is 0.946. The first-order chi connectivity index (χ1) is 7.98. The zero-order valence-corrected chi connectivity index (χ0v) is 9.11. The summed E-state index contributed by atoms with van der Waals surface area (Å²) in [6.45, 7) is -1.45. The molecule has 6 nitrogen and oxygen atoms in total. The fraction of sp³-hybridized carbons (Fsp3) is 0.444. The number of nitrogens with two attached hydrogens (primary N) is 1. The van der Waals surface area contributed by atoms with Crippen LogP contribution in [0.3, 0.4) is 0 Å². The average molecular weight is 246 g/mol. The largest absolute Gasteiger partial charge is 0.464 e. The van der Waals surface area contributed by atoms with E-state index in [4.69, 9.17) is 5.73 Å². The molecule has 1 aromatic heterocycles. The van der Waals surface area contributed by atoms with Crippen LogP contribution in [-0.2, 0) is 4.74 Å². The van der Waals surface area contributed by atoms with Crippen molar-refractivity contribution in [2.75, 3.05) is 25.5 Å². The number of hydrogen-bond donors (Lipinski definition) is 2. The van der Waals surface area contributed by atoms with Gasteiger partial charge in [-0.05, 0) is 0 Å². The van der Waals surface area contributed by atoms with Gasteiger partial charge >= 0.3 is 5.97 Å². The number of hydrogen-bond acceptors (Lipinski definition) is 6. The van der Waals surface area contributed by atoms with Crippen molar-refractivity contribution in [3.8, 4) is 0 Å². The molecule has 0 saturated heterocycles. The van der Waals surface area contributed by atoms with Gasteiger partial charge in [-0.2, -0.15) is 0 Å². The Kier molecular flexibility index (Phi) is 4.27. The smallest absolute Gasteiger partial charge is 0.358 e. The minimum atomic E-state index is -3.04. The molecule has 0 aliphatic rings. The Morgan fingerprint density at radius 3 is 2.88 bits per heavy atom. The normalized spacial score (nSPS) is 11.1. The lowest BCUT2D eigenvalue weighted by atomic mass is 10.3. The van der Waals surface area contributed by atoms with Crippen LogP contribution < -0.4 is 11.1 Å². The number of halogens is 2. The molecule has 1 heterocycles. The highest BCUT2D eigenvalue weighted by Crippen LogP contribution is 2.12. The van der Waals surface area contributed by atoms with Crippen LogP contribution in [0, 0.1) is 0 Å². The molecule has 0 spiro atoms. The molecule has 17 heavy (non-hydrogen) atoms. The summed E-state index contributed by atoms with van der Waals surface area (Å²) >= 11 is 0. The molecular weight excluding hydrogens is 234 g/mol. The second-order valence-corrected chi connectivity index (χ2v) is 3.19. The van der Waals surface area contributed by atoms with E-state index in [0.717, 1.165) is 0 Å². The second kappa shape index (κ2) is 5.48. The maximum Gasteiger partial charge on any atom is 0.358 e. The number of methoxy groups -OCH3 is 1. The van der Waals surface area contributed by atoms with Crippen LogP contribution in [0.15, 0.2) is 12.4 Å². The number of nitrogens with one attached hydrogen (secondary N) is 1. The Hall–Kier alpha value is -1.83. The van der Waals surface area contributed by atoms with E-state index >= 15 is 0 Å². The van der Waals surface area contributed by atoms with Crippen LogP contribution in [0.5, 0.6) is 0 Å². The molecule has 0 bridgehead atoms. The number of aromatic nitrogens is 2. The van der Waals surface area contributed by atoms with Crippen molar-refractivity contribution in [1.82, 2.24) is 9.97 Å². The van der Waals surface area contributed by atoms with Gasteiger partial charge in [-0.1, -0.05) is 0 Å². The number of ether oxygens (including phenoxy) is 1. The molecule has 94 valence electrons. The van der Waals surface area contributed by atoms with Gasteiger partial charge < -0.3 is 15.8 Å². The van der Waals surface area contributed by atoms with Crippen LogP contribution in [0.2, 0.25) is 0 Å². The molecule has 0 aliphatic heterocycles. The first-order valence-electron chi connectivity index (χ1n) is 4.70. The molecule has 1 aromatic rings. The van der Waals surface area contributed by atoms with Crippen molar-refractivity contribution in [1.29, 1.82) is 0 Å². The van der Waals surface area contributed by atoms with E-state index in [-0.39, 0.29) is 11.5 Å². The lowest BCUT2D eigenvalue weighted by Crippen LogP contribution is -2.35. The summed E-state index contributed by atoms with van der Waals surface area (Å²) < 4.78 is 30.1. The third-order valence-corrected chi connectivity index (χ3v) is 1.86. The van der Waals surface area contributed by atoms with E-state index in [1.54, 1.807) is 0 Å². The summed E-state index contributed by atoms with van der Waals surface area (Å²) in [4.78, 5) is 18.5. The van der Waals surface area contributed by atoms with Gasteiger partial charge in [-0.25, -0.2) is 18.6 Å². The summed E-state index contributed by atoms with van der Waals surface area (Å²) in [6.07, 6.45) is 2.40. The topological polar surface area (TPSA) is 90.1 Å². The van der Waals surface area contributed by atoms with Crippen LogP contribution >= 0.6 is 0 Å². The summed E-state index contributed by atoms with van der Waals surface area (Å²) in [5, 5.41) is 2.34. The van der Waals surface area contributed by atoms with Gasteiger partial charge in [0.15, 0.2) is 5.69 Å². The summed E-state index contributed by atoms with van der Waals surface area (Å²) in [5.41, 5.74) is 4.81. The molecule has 0 fully saturated rings. The maximum atomic E-state index is 12.8. The number of carbonyl (C=O) groups excluding carboxylic acids is 1. The van der Waals surface area contributed by atoms with Crippen LogP contribution in [-0.4, -0.2) is 42.1 Å². The van der Waals surface area contributed by atoms with Gasteiger partial charge in [-0.15, -0.1) is 0 Å². The maximum absolute atomic E-state index is 12.8. The first kappa shape index (κ1) is 13.2. The molecule has 8 heteroatoms. The van der Waals surface area contributed by atoms with Crippen LogP contribution in [0.4, 0.5) is 14.6 Å². The monoisotopic (exact) mass is 246 g/mol. The van der Waals surface area contributed by atoms with Gasteiger partial charge in [-0.3, -0.25) is 4.98 Å². The van der Waals surface area contributed by atoms with Gasteiger partial charge in [0.1, 0.15) is 5.82 Å². The minimum Gasteiger partial charge on any atom is -0.464 e. The highest BCUT2D eigenvalue weighted by atomic mass is 19.3. The van der Waals surface area contributed by atoms with Crippen molar-refractivity contribution in [2.45, 2.75) is 5.92 Å². The van der Waals surface area contributed by atoms with Crippen molar-refractivity contribution in [3.63, 3.8) is 0 Å². The van der Waals surface area contributed by atoms with E-state index in [9.17, 15) is 13.6 Å². The van der Waals surface area contributed by atoms with E-state index < -0.39 is 25.0 Å². The van der Waals surface area contributed by atoms with E-state index in [2.05, 4.69) is 20.0 Å². The molecular formula is C9H12F2N4O2. The van der Waals surface area contributed by atoms with Gasteiger partial charge in [0, 0.05) is 0 Å². The zero-order chi connectivity index (χ0) is 12.9. The standard InChI is InChI=1S/C9H12F2N4O2/c1-17-8(16)6-2-13-3-7(15-6)14-5-9(10,11)4-12/h2-3H,4-5,12H2,1H3,(H,14,15). The molecule has 0 atom stereocenters. The zero-order valence-electron chi connectivity index (χ0n) is 9.11. The predicted octanol–water partition coefficient (Wildman–Crippen LogP) is 0.269. The minimum absolute atomic E-state index is 0.0565. The Bertz CT molecular complexity index is 400. The highest BCUT2D eigenvalue weighted by molar-refractivity contribution is 5.87. The predicted molar refractivity (Wildman–Crippen MR) is 55.9 cm³/mol. The Morgan fingerprint density at radius 2 is 2.29 bits per heavy atom. The SMILES string of the molecule is COC(=O)c1cncc(NCC(F)(F)CN)n1. The van der Waals surface area contributed by atoms with Crippen molar-refractivity contribution < 1.29 is 18.3 Å². The lowest BCUT2D eigenvalue weighted by Gasteiger charge is -2.14. The van der Waals surface area contributed by atoms with E-state index in [1.807, 2.05) is 0 Å². The third kappa shape index (κ3) is 3.91. The van der Waals surface area contributed by atoms with E-state index in [0.29, 0.717) is 0 Å². The van der Waals surface area contributed by atoms with Crippen molar-refractivity contribution >= 4 is 11.8 Å². The van der Waals surface area contributed by atoms with Gasteiger partial charge in [0.2, 0.25) is 0 Å². The molecule has 0 amide bonds. The number of carbonyl (C=O) groups is 1. The Morgan fingerprint density at radius 1 is 1.59 bits per heavy atom.